The molecule has 0 radical (unpaired) electrons. The molecule has 192 valence electrons. The maximum Gasteiger partial charge on any atom is 0.330 e. The number of amides is 4. The molecule has 0 aromatic carbocycles. The SMILES string of the molecule is CCOC(=O)/C=C/[C@H](C[C@@H]1CCNC1=O)NC(=O)[C@H](CC(C)C)NC(=O)[C@@H](NC(C)=O)C(C)C. The van der Waals surface area contributed by atoms with Crippen LogP contribution in [0.3, 0.4) is 0 Å². The van der Waals surface area contributed by atoms with Gasteiger partial charge in [0.1, 0.15) is 12.1 Å². The molecule has 0 bridgehead atoms. The van der Waals surface area contributed by atoms with Crippen molar-refractivity contribution in [1.29, 1.82) is 0 Å². The van der Waals surface area contributed by atoms with Gasteiger partial charge in [0.2, 0.25) is 23.6 Å². The van der Waals surface area contributed by atoms with Crippen LogP contribution in [-0.2, 0) is 28.7 Å². The molecule has 4 amide bonds. The quantitative estimate of drug-likeness (QED) is 0.227. The van der Waals surface area contributed by atoms with Gasteiger partial charge in [-0.05, 0) is 38.0 Å². The molecular weight excluding hydrogens is 440 g/mol. The lowest BCUT2D eigenvalue weighted by Crippen LogP contribution is -2.56. The zero-order valence-electron chi connectivity index (χ0n) is 21.1. The topological polar surface area (TPSA) is 143 Å². The number of esters is 1. The van der Waals surface area contributed by atoms with Gasteiger partial charge in [-0.25, -0.2) is 4.79 Å². The first-order valence-electron chi connectivity index (χ1n) is 11.9. The first kappa shape index (κ1) is 29.1. The van der Waals surface area contributed by atoms with E-state index >= 15 is 0 Å². The number of ether oxygens (including phenoxy) is 1. The lowest BCUT2D eigenvalue weighted by molar-refractivity contribution is -0.137. The Morgan fingerprint density at radius 2 is 1.76 bits per heavy atom. The van der Waals surface area contributed by atoms with Crippen molar-refractivity contribution in [3.05, 3.63) is 12.2 Å². The summed E-state index contributed by atoms with van der Waals surface area (Å²) in [5.74, 6) is -2.20. The largest absolute Gasteiger partial charge is 0.463 e. The Morgan fingerprint density at radius 1 is 1.09 bits per heavy atom. The molecule has 1 heterocycles. The fourth-order valence-corrected chi connectivity index (χ4v) is 3.75. The first-order chi connectivity index (χ1) is 15.9. The number of carbonyl (C=O) groups excluding carboxylic acids is 5. The van der Waals surface area contributed by atoms with E-state index in [4.69, 9.17) is 4.74 Å². The van der Waals surface area contributed by atoms with Gasteiger partial charge in [-0.2, -0.15) is 0 Å². The Bertz CT molecular complexity index is 765. The van der Waals surface area contributed by atoms with E-state index in [1.165, 1.54) is 19.1 Å². The monoisotopic (exact) mass is 480 g/mol. The summed E-state index contributed by atoms with van der Waals surface area (Å²) in [5, 5.41) is 11.0. The van der Waals surface area contributed by atoms with E-state index < -0.39 is 35.9 Å². The van der Waals surface area contributed by atoms with Crippen molar-refractivity contribution >= 4 is 29.6 Å². The minimum atomic E-state index is -0.849. The van der Waals surface area contributed by atoms with Crippen LogP contribution in [0.25, 0.3) is 0 Å². The standard InChI is InChI=1S/C24H40N4O6/c1-7-34-20(30)9-8-18(13-17-10-11-25-22(17)31)27-23(32)19(12-14(2)3)28-24(33)21(15(4)5)26-16(6)29/h8-9,14-15,17-19,21H,7,10-13H2,1-6H3,(H,25,31)(H,26,29)(H,27,32)(H,28,33)/b9-8+/t17-,18+,19-,21-/m0/s1. The summed E-state index contributed by atoms with van der Waals surface area (Å²) in [7, 11) is 0. The summed E-state index contributed by atoms with van der Waals surface area (Å²) < 4.78 is 4.91. The maximum atomic E-state index is 13.2. The minimum Gasteiger partial charge on any atom is -0.463 e. The summed E-state index contributed by atoms with van der Waals surface area (Å²) in [6, 6.07) is -2.23. The van der Waals surface area contributed by atoms with E-state index in [1.807, 2.05) is 13.8 Å². The molecule has 0 saturated carbocycles. The number of rotatable bonds is 13. The molecule has 4 N–H and O–H groups in total. The lowest BCUT2D eigenvalue weighted by atomic mass is 9.96. The van der Waals surface area contributed by atoms with Crippen LogP contribution in [0.15, 0.2) is 12.2 Å². The second-order valence-corrected chi connectivity index (χ2v) is 9.35. The highest BCUT2D eigenvalue weighted by Gasteiger charge is 2.31. The molecule has 10 heteroatoms. The van der Waals surface area contributed by atoms with E-state index in [0.717, 1.165) is 0 Å². The molecule has 0 aromatic rings. The third-order valence-electron chi connectivity index (χ3n) is 5.43. The molecule has 1 rings (SSSR count). The minimum absolute atomic E-state index is 0.0918. The first-order valence-corrected chi connectivity index (χ1v) is 11.9. The smallest absolute Gasteiger partial charge is 0.330 e. The summed E-state index contributed by atoms with van der Waals surface area (Å²) in [5.41, 5.74) is 0. The molecule has 0 unspecified atom stereocenters. The predicted molar refractivity (Wildman–Crippen MR) is 127 cm³/mol. The average molecular weight is 481 g/mol. The van der Waals surface area contributed by atoms with Crippen LogP contribution in [0.2, 0.25) is 0 Å². The van der Waals surface area contributed by atoms with Gasteiger partial charge in [0, 0.05) is 31.5 Å². The van der Waals surface area contributed by atoms with Gasteiger partial charge >= 0.3 is 5.97 Å². The van der Waals surface area contributed by atoms with Crippen LogP contribution in [-0.4, -0.2) is 60.9 Å². The summed E-state index contributed by atoms with van der Waals surface area (Å²) >= 11 is 0. The normalized spacial score (nSPS) is 18.4. The summed E-state index contributed by atoms with van der Waals surface area (Å²) in [6.07, 6.45) is 4.08. The highest BCUT2D eigenvalue weighted by atomic mass is 16.5. The van der Waals surface area contributed by atoms with Crippen LogP contribution in [0.1, 0.15) is 60.8 Å². The van der Waals surface area contributed by atoms with E-state index in [1.54, 1.807) is 20.8 Å². The Hall–Kier alpha value is -2.91. The van der Waals surface area contributed by atoms with Crippen LogP contribution in [0.4, 0.5) is 0 Å². The highest BCUT2D eigenvalue weighted by molar-refractivity contribution is 5.92. The average Bonchev–Trinajstić information content (AvgIpc) is 3.13. The van der Waals surface area contributed by atoms with Gasteiger partial charge in [0.25, 0.3) is 0 Å². The second kappa shape index (κ2) is 14.4. The van der Waals surface area contributed by atoms with Crippen LogP contribution < -0.4 is 21.3 Å². The Balaban J connectivity index is 3.02. The number of hydrogen-bond donors (Lipinski definition) is 4. The molecule has 0 aliphatic carbocycles. The zero-order valence-corrected chi connectivity index (χ0v) is 21.1. The van der Waals surface area contributed by atoms with Gasteiger partial charge < -0.3 is 26.0 Å². The molecule has 1 saturated heterocycles. The van der Waals surface area contributed by atoms with E-state index in [9.17, 15) is 24.0 Å². The Labute approximate surface area is 202 Å². The Kier molecular flexibility index (Phi) is 12.3. The number of carbonyl (C=O) groups is 5. The molecular formula is C24H40N4O6. The van der Waals surface area contributed by atoms with Crippen molar-refractivity contribution in [2.75, 3.05) is 13.2 Å². The fourth-order valence-electron chi connectivity index (χ4n) is 3.75. The maximum absolute atomic E-state index is 13.2. The van der Waals surface area contributed by atoms with E-state index in [-0.39, 0.29) is 36.2 Å². The lowest BCUT2D eigenvalue weighted by Gasteiger charge is -2.27. The van der Waals surface area contributed by atoms with E-state index in [0.29, 0.717) is 25.8 Å². The predicted octanol–water partition coefficient (Wildman–Crippen LogP) is 0.808. The third-order valence-corrected chi connectivity index (χ3v) is 5.43. The van der Waals surface area contributed by atoms with Crippen LogP contribution in [0, 0.1) is 17.8 Å². The van der Waals surface area contributed by atoms with Gasteiger partial charge in [-0.3, -0.25) is 19.2 Å². The van der Waals surface area contributed by atoms with Gasteiger partial charge in [-0.15, -0.1) is 0 Å². The number of hydrogen-bond acceptors (Lipinski definition) is 6. The third kappa shape index (κ3) is 10.4. The molecule has 0 spiro atoms. The molecule has 34 heavy (non-hydrogen) atoms. The second-order valence-electron chi connectivity index (χ2n) is 9.35. The van der Waals surface area contributed by atoms with Crippen molar-refractivity contribution in [3.8, 4) is 0 Å². The molecule has 0 aromatic heterocycles. The fraction of sp³-hybridized carbons (Fsp3) is 0.708. The van der Waals surface area contributed by atoms with Gasteiger partial charge in [-0.1, -0.05) is 33.8 Å². The van der Waals surface area contributed by atoms with E-state index in [2.05, 4.69) is 21.3 Å². The zero-order chi connectivity index (χ0) is 25.8. The Morgan fingerprint density at radius 3 is 2.26 bits per heavy atom. The van der Waals surface area contributed by atoms with Crippen molar-refractivity contribution < 1.29 is 28.7 Å². The van der Waals surface area contributed by atoms with Crippen molar-refractivity contribution in [3.63, 3.8) is 0 Å². The van der Waals surface area contributed by atoms with Crippen molar-refractivity contribution in [1.82, 2.24) is 21.3 Å². The number of nitrogens with one attached hydrogen (secondary N) is 4. The van der Waals surface area contributed by atoms with Gasteiger partial charge in [0.05, 0.1) is 6.61 Å². The molecule has 4 atom stereocenters. The molecule has 1 aliphatic rings. The highest BCUT2D eigenvalue weighted by Crippen LogP contribution is 2.17. The van der Waals surface area contributed by atoms with Gasteiger partial charge in [0.15, 0.2) is 0 Å². The molecule has 1 aliphatic heterocycles. The van der Waals surface area contributed by atoms with Crippen molar-refractivity contribution in [2.24, 2.45) is 17.8 Å². The van der Waals surface area contributed by atoms with Crippen LogP contribution in [0.5, 0.6) is 0 Å². The molecule has 1 fully saturated rings. The summed E-state index contributed by atoms with van der Waals surface area (Å²) in [4.78, 5) is 61.5. The summed E-state index contributed by atoms with van der Waals surface area (Å²) in [6.45, 7) is 11.3. The van der Waals surface area contributed by atoms with Crippen LogP contribution >= 0.6 is 0 Å². The molecule has 10 nitrogen and oxygen atoms in total. The van der Waals surface area contributed by atoms with Crippen molar-refractivity contribution in [2.45, 2.75) is 78.9 Å².